The fraction of sp³-hybridized carbons (Fsp3) is 0.519. The molecule has 34 heavy (non-hydrogen) atoms. The lowest BCUT2D eigenvalue weighted by Crippen LogP contribution is -2.40. The normalized spacial score (nSPS) is 21.9. The Balaban J connectivity index is 1.23. The lowest BCUT2D eigenvalue weighted by Gasteiger charge is -2.35. The van der Waals surface area contributed by atoms with Crippen molar-refractivity contribution in [1.82, 2.24) is 10.2 Å². The maximum atomic E-state index is 12.7. The number of nitro benzene ring substituents is 1. The molecule has 7 nitrogen and oxygen atoms in total. The van der Waals surface area contributed by atoms with Crippen LogP contribution >= 0.6 is 0 Å². The number of piperidine rings is 2. The first kappa shape index (κ1) is 24.2. The Bertz CT molecular complexity index is 976. The highest BCUT2D eigenvalue weighted by molar-refractivity contribution is 5.79. The maximum absolute atomic E-state index is 12.7. The number of likely N-dealkylation sites (tertiary alicyclic amines) is 1. The molecule has 0 aliphatic carbocycles. The van der Waals surface area contributed by atoms with Gasteiger partial charge in [0.15, 0.2) is 0 Å². The Labute approximate surface area is 202 Å². The summed E-state index contributed by atoms with van der Waals surface area (Å²) < 4.78 is 0. The van der Waals surface area contributed by atoms with Gasteiger partial charge in [0, 0.05) is 51.3 Å². The molecule has 2 unspecified atom stereocenters. The number of hydrogen-bond acceptors (Lipinski definition) is 5. The molecule has 0 aromatic heterocycles. The zero-order chi connectivity index (χ0) is 24.1. The summed E-state index contributed by atoms with van der Waals surface area (Å²) in [4.78, 5) is 28.3. The fourth-order valence-electron chi connectivity index (χ4n) is 5.54. The van der Waals surface area contributed by atoms with E-state index in [0.29, 0.717) is 38.2 Å². The number of carbonyl (C=O) groups excluding carboxylic acids is 1. The standard InChI is InChI=1S/C27H36N4O3/c1-20-15-21(2)18-29(17-20)19-23-9-7-22(8-10-23)16-28-27(32)24-11-13-30(14-12-24)25-5-3-4-6-26(25)31(33)34/h3-10,20-21,24H,11-19H2,1-2H3,(H,28,32). The van der Waals surface area contributed by atoms with E-state index in [2.05, 4.69) is 48.3 Å². The maximum Gasteiger partial charge on any atom is 0.292 e. The van der Waals surface area contributed by atoms with E-state index in [0.717, 1.165) is 23.9 Å². The van der Waals surface area contributed by atoms with E-state index in [4.69, 9.17) is 0 Å². The predicted molar refractivity (Wildman–Crippen MR) is 135 cm³/mol. The number of nitro groups is 1. The summed E-state index contributed by atoms with van der Waals surface area (Å²) in [6.07, 6.45) is 2.72. The average Bonchev–Trinajstić information content (AvgIpc) is 2.83. The largest absolute Gasteiger partial charge is 0.366 e. The van der Waals surface area contributed by atoms with Gasteiger partial charge in [-0.15, -0.1) is 0 Å². The van der Waals surface area contributed by atoms with Crippen LogP contribution in [0.4, 0.5) is 11.4 Å². The van der Waals surface area contributed by atoms with Gasteiger partial charge < -0.3 is 10.2 Å². The summed E-state index contributed by atoms with van der Waals surface area (Å²) in [6.45, 7) is 9.81. The number of anilines is 1. The quantitative estimate of drug-likeness (QED) is 0.478. The van der Waals surface area contributed by atoms with E-state index < -0.39 is 0 Å². The minimum absolute atomic E-state index is 0.0543. The number of rotatable bonds is 7. The van der Waals surface area contributed by atoms with Gasteiger partial charge >= 0.3 is 0 Å². The Kier molecular flexibility index (Phi) is 7.83. The molecule has 1 amide bonds. The topological polar surface area (TPSA) is 78.7 Å². The van der Waals surface area contributed by atoms with Crippen molar-refractivity contribution in [3.05, 3.63) is 69.8 Å². The molecule has 2 heterocycles. The SMILES string of the molecule is CC1CC(C)CN(Cc2ccc(CNC(=O)C3CCN(c4ccccc4[N+](=O)[O-])CC3)cc2)C1. The van der Waals surface area contributed by atoms with Crippen molar-refractivity contribution in [3.63, 3.8) is 0 Å². The molecule has 0 bridgehead atoms. The first-order chi connectivity index (χ1) is 16.4. The summed E-state index contributed by atoms with van der Waals surface area (Å²) >= 11 is 0. The van der Waals surface area contributed by atoms with Crippen LogP contribution in [0.5, 0.6) is 0 Å². The molecule has 2 fully saturated rings. The molecule has 182 valence electrons. The van der Waals surface area contributed by atoms with E-state index >= 15 is 0 Å². The van der Waals surface area contributed by atoms with Crippen molar-refractivity contribution in [3.8, 4) is 0 Å². The third-order valence-corrected chi connectivity index (χ3v) is 7.13. The van der Waals surface area contributed by atoms with Crippen LogP contribution in [-0.4, -0.2) is 41.9 Å². The molecule has 2 aliphatic rings. The van der Waals surface area contributed by atoms with Crippen LogP contribution in [0.15, 0.2) is 48.5 Å². The van der Waals surface area contributed by atoms with Gasteiger partial charge in [0.2, 0.25) is 5.91 Å². The van der Waals surface area contributed by atoms with Crippen molar-refractivity contribution >= 4 is 17.3 Å². The molecule has 1 N–H and O–H groups in total. The molecule has 0 saturated carbocycles. The molecule has 2 aromatic rings. The molecule has 2 atom stereocenters. The van der Waals surface area contributed by atoms with Crippen LogP contribution in [0, 0.1) is 27.9 Å². The van der Waals surface area contributed by atoms with E-state index in [9.17, 15) is 14.9 Å². The Morgan fingerprint density at radius 3 is 2.26 bits per heavy atom. The van der Waals surface area contributed by atoms with Gasteiger partial charge in [-0.1, -0.05) is 50.2 Å². The minimum Gasteiger partial charge on any atom is -0.366 e. The highest BCUT2D eigenvalue weighted by atomic mass is 16.6. The van der Waals surface area contributed by atoms with Gasteiger partial charge in [-0.3, -0.25) is 19.8 Å². The molecule has 2 saturated heterocycles. The monoisotopic (exact) mass is 464 g/mol. The number of benzene rings is 2. The lowest BCUT2D eigenvalue weighted by atomic mass is 9.91. The van der Waals surface area contributed by atoms with E-state index in [1.807, 2.05) is 11.0 Å². The molecule has 0 spiro atoms. The molecular weight excluding hydrogens is 428 g/mol. The highest BCUT2D eigenvalue weighted by Gasteiger charge is 2.28. The van der Waals surface area contributed by atoms with Crippen LogP contribution in [0.2, 0.25) is 0 Å². The van der Waals surface area contributed by atoms with Crippen LogP contribution in [-0.2, 0) is 17.9 Å². The van der Waals surface area contributed by atoms with Gasteiger partial charge in [-0.05, 0) is 48.3 Å². The Hall–Kier alpha value is -2.93. The lowest BCUT2D eigenvalue weighted by molar-refractivity contribution is -0.384. The molecule has 7 heteroatoms. The number of carbonyl (C=O) groups is 1. The number of para-hydroxylation sites is 2. The first-order valence-corrected chi connectivity index (χ1v) is 12.4. The second-order valence-electron chi connectivity index (χ2n) is 10.2. The van der Waals surface area contributed by atoms with Crippen molar-refractivity contribution in [2.45, 2.75) is 46.2 Å². The zero-order valence-corrected chi connectivity index (χ0v) is 20.3. The molecule has 0 radical (unpaired) electrons. The minimum atomic E-state index is -0.340. The highest BCUT2D eigenvalue weighted by Crippen LogP contribution is 2.31. The number of hydrogen-bond donors (Lipinski definition) is 1. The van der Waals surface area contributed by atoms with Gasteiger partial charge in [0.05, 0.1) is 4.92 Å². The summed E-state index contributed by atoms with van der Waals surface area (Å²) in [5.41, 5.74) is 3.19. The van der Waals surface area contributed by atoms with Gasteiger partial charge in [0.1, 0.15) is 5.69 Å². The summed E-state index contributed by atoms with van der Waals surface area (Å²) in [5.74, 6) is 1.53. The third kappa shape index (κ3) is 6.14. The third-order valence-electron chi connectivity index (χ3n) is 7.13. The summed E-state index contributed by atoms with van der Waals surface area (Å²) in [5, 5.41) is 14.4. The smallest absolute Gasteiger partial charge is 0.292 e. The average molecular weight is 465 g/mol. The van der Waals surface area contributed by atoms with Crippen LogP contribution < -0.4 is 10.2 Å². The van der Waals surface area contributed by atoms with E-state index in [1.54, 1.807) is 12.1 Å². The Morgan fingerprint density at radius 2 is 1.62 bits per heavy atom. The zero-order valence-electron chi connectivity index (χ0n) is 20.3. The van der Waals surface area contributed by atoms with Crippen molar-refractivity contribution in [2.75, 3.05) is 31.1 Å². The van der Waals surface area contributed by atoms with Crippen molar-refractivity contribution < 1.29 is 9.72 Å². The molecule has 4 rings (SSSR count). The summed E-state index contributed by atoms with van der Waals surface area (Å²) in [7, 11) is 0. The van der Waals surface area contributed by atoms with Gasteiger partial charge in [-0.25, -0.2) is 0 Å². The predicted octanol–water partition coefficient (Wildman–Crippen LogP) is 4.61. The molecule has 2 aliphatic heterocycles. The second-order valence-corrected chi connectivity index (χ2v) is 10.2. The van der Waals surface area contributed by atoms with Crippen molar-refractivity contribution in [2.24, 2.45) is 17.8 Å². The number of nitrogens with zero attached hydrogens (tertiary/aromatic N) is 3. The van der Waals surface area contributed by atoms with Gasteiger partial charge in [-0.2, -0.15) is 0 Å². The second kappa shape index (κ2) is 11.0. The molecule has 2 aromatic carbocycles. The van der Waals surface area contributed by atoms with Crippen LogP contribution in [0.1, 0.15) is 44.2 Å². The van der Waals surface area contributed by atoms with Crippen LogP contribution in [0.3, 0.4) is 0 Å². The number of amides is 1. The number of nitrogens with one attached hydrogen (secondary N) is 1. The fourth-order valence-corrected chi connectivity index (χ4v) is 5.54. The van der Waals surface area contributed by atoms with E-state index in [1.165, 1.54) is 31.1 Å². The van der Waals surface area contributed by atoms with Gasteiger partial charge in [0.25, 0.3) is 5.69 Å². The van der Waals surface area contributed by atoms with Crippen molar-refractivity contribution in [1.29, 1.82) is 0 Å². The van der Waals surface area contributed by atoms with E-state index in [-0.39, 0.29) is 22.4 Å². The summed E-state index contributed by atoms with van der Waals surface area (Å²) in [6, 6.07) is 15.4. The first-order valence-electron chi connectivity index (χ1n) is 12.4. The molecular formula is C27H36N4O3. The Morgan fingerprint density at radius 1 is 1.00 bits per heavy atom. The van der Waals surface area contributed by atoms with Crippen LogP contribution in [0.25, 0.3) is 0 Å².